The summed E-state index contributed by atoms with van der Waals surface area (Å²) < 4.78 is 32.7. The normalized spacial score (nSPS) is 11.0. The summed E-state index contributed by atoms with van der Waals surface area (Å²) in [5, 5.41) is 3.25. The van der Waals surface area contributed by atoms with Crippen LogP contribution in [0.1, 0.15) is 5.56 Å². The van der Waals surface area contributed by atoms with Crippen molar-refractivity contribution in [3.05, 3.63) is 83.4 Å². The van der Waals surface area contributed by atoms with Crippen molar-refractivity contribution in [2.24, 2.45) is 0 Å². The fourth-order valence-electron chi connectivity index (χ4n) is 2.45. The molecular formula is C21H19ClN2O4S. The number of benzene rings is 3. The van der Waals surface area contributed by atoms with Crippen molar-refractivity contribution in [3.63, 3.8) is 0 Å². The summed E-state index contributed by atoms with van der Waals surface area (Å²) in [5.74, 6) is 0.0214. The largest absolute Gasteiger partial charge is 0.484 e. The van der Waals surface area contributed by atoms with E-state index in [-0.39, 0.29) is 17.4 Å². The standard InChI is InChI=1S/C21H19ClN2O4S/c1-15-7-8-17(13-20(15)22)23-21(25)14-28-18-9-11-19(12-10-18)29(26,27)24-16-5-3-2-4-6-16/h2-13,24H,14H2,1H3,(H,23,25). The van der Waals surface area contributed by atoms with Crippen molar-refractivity contribution in [2.45, 2.75) is 11.8 Å². The summed E-state index contributed by atoms with van der Waals surface area (Å²) in [6.45, 7) is 1.65. The highest BCUT2D eigenvalue weighted by atomic mass is 35.5. The van der Waals surface area contributed by atoms with E-state index in [9.17, 15) is 13.2 Å². The van der Waals surface area contributed by atoms with Gasteiger partial charge in [0.2, 0.25) is 0 Å². The summed E-state index contributed by atoms with van der Waals surface area (Å²) in [6.07, 6.45) is 0. The zero-order valence-corrected chi connectivity index (χ0v) is 17.1. The summed E-state index contributed by atoms with van der Waals surface area (Å²) in [4.78, 5) is 12.1. The van der Waals surface area contributed by atoms with Crippen LogP contribution in [0.4, 0.5) is 11.4 Å². The highest BCUT2D eigenvalue weighted by Gasteiger charge is 2.14. The van der Waals surface area contributed by atoms with Gasteiger partial charge in [0.15, 0.2) is 6.61 Å². The number of hydrogen-bond acceptors (Lipinski definition) is 4. The minimum atomic E-state index is -3.71. The number of anilines is 2. The lowest BCUT2D eigenvalue weighted by Gasteiger charge is -2.10. The Bertz CT molecular complexity index is 1100. The predicted octanol–water partition coefficient (Wildman–Crippen LogP) is 4.47. The van der Waals surface area contributed by atoms with Gasteiger partial charge in [0.1, 0.15) is 5.75 Å². The van der Waals surface area contributed by atoms with Gasteiger partial charge in [-0.25, -0.2) is 8.42 Å². The van der Waals surface area contributed by atoms with E-state index in [1.807, 2.05) is 6.92 Å². The molecule has 0 bridgehead atoms. The maximum Gasteiger partial charge on any atom is 0.262 e. The number of carbonyl (C=O) groups excluding carboxylic acids is 1. The highest BCUT2D eigenvalue weighted by molar-refractivity contribution is 7.92. The first kappa shape index (κ1) is 20.7. The molecule has 0 spiro atoms. The summed E-state index contributed by atoms with van der Waals surface area (Å²) in [5.41, 5.74) is 1.96. The van der Waals surface area contributed by atoms with Crippen LogP contribution in [-0.4, -0.2) is 20.9 Å². The Kier molecular flexibility index (Phi) is 6.41. The van der Waals surface area contributed by atoms with Crippen molar-refractivity contribution in [3.8, 4) is 5.75 Å². The zero-order chi connectivity index (χ0) is 20.9. The summed E-state index contributed by atoms with van der Waals surface area (Å²) in [6, 6.07) is 19.6. The van der Waals surface area contributed by atoms with Gasteiger partial charge in [-0.15, -0.1) is 0 Å². The Labute approximate surface area is 174 Å². The van der Waals surface area contributed by atoms with E-state index in [1.165, 1.54) is 24.3 Å². The van der Waals surface area contributed by atoms with E-state index in [0.29, 0.717) is 22.1 Å². The lowest BCUT2D eigenvalue weighted by molar-refractivity contribution is -0.118. The van der Waals surface area contributed by atoms with Crippen LogP contribution in [0.2, 0.25) is 5.02 Å². The Morgan fingerprint density at radius 1 is 0.966 bits per heavy atom. The lowest BCUT2D eigenvalue weighted by Crippen LogP contribution is -2.20. The van der Waals surface area contributed by atoms with Gasteiger partial charge in [-0.1, -0.05) is 35.9 Å². The second-order valence-electron chi connectivity index (χ2n) is 6.24. The van der Waals surface area contributed by atoms with Crippen LogP contribution >= 0.6 is 11.6 Å². The molecular weight excluding hydrogens is 412 g/mol. The second-order valence-corrected chi connectivity index (χ2v) is 8.33. The van der Waals surface area contributed by atoms with Gasteiger partial charge in [0, 0.05) is 16.4 Å². The van der Waals surface area contributed by atoms with Crippen molar-refractivity contribution < 1.29 is 17.9 Å². The Morgan fingerprint density at radius 2 is 1.66 bits per heavy atom. The number of ether oxygens (including phenoxy) is 1. The van der Waals surface area contributed by atoms with Crippen molar-refractivity contribution >= 4 is 38.9 Å². The van der Waals surface area contributed by atoms with E-state index in [1.54, 1.807) is 48.5 Å². The molecule has 0 unspecified atom stereocenters. The molecule has 0 saturated carbocycles. The van der Waals surface area contributed by atoms with Crippen LogP contribution in [0.15, 0.2) is 77.7 Å². The van der Waals surface area contributed by atoms with Gasteiger partial charge in [-0.3, -0.25) is 9.52 Å². The molecule has 0 atom stereocenters. The highest BCUT2D eigenvalue weighted by Crippen LogP contribution is 2.21. The average molecular weight is 431 g/mol. The number of nitrogens with one attached hydrogen (secondary N) is 2. The molecule has 150 valence electrons. The van der Waals surface area contributed by atoms with Crippen molar-refractivity contribution in [1.82, 2.24) is 0 Å². The van der Waals surface area contributed by atoms with Gasteiger partial charge in [-0.2, -0.15) is 0 Å². The topological polar surface area (TPSA) is 84.5 Å². The number of hydrogen-bond donors (Lipinski definition) is 2. The van der Waals surface area contributed by atoms with Crippen molar-refractivity contribution in [1.29, 1.82) is 0 Å². The van der Waals surface area contributed by atoms with Gasteiger partial charge in [0.25, 0.3) is 15.9 Å². The maximum absolute atomic E-state index is 12.4. The van der Waals surface area contributed by atoms with Crippen LogP contribution in [0.5, 0.6) is 5.75 Å². The molecule has 3 rings (SSSR count). The fourth-order valence-corrected chi connectivity index (χ4v) is 3.69. The monoisotopic (exact) mass is 430 g/mol. The number of halogens is 1. The molecule has 0 aliphatic carbocycles. The number of aryl methyl sites for hydroxylation is 1. The number of carbonyl (C=O) groups is 1. The van der Waals surface area contributed by atoms with Crippen LogP contribution in [0.25, 0.3) is 0 Å². The summed E-state index contributed by atoms with van der Waals surface area (Å²) in [7, 11) is -3.71. The Balaban J connectivity index is 1.57. The number of para-hydroxylation sites is 1. The first-order valence-electron chi connectivity index (χ1n) is 8.70. The molecule has 1 amide bonds. The minimum absolute atomic E-state index is 0.0902. The molecule has 6 nitrogen and oxygen atoms in total. The average Bonchev–Trinajstić information content (AvgIpc) is 2.70. The molecule has 0 radical (unpaired) electrons. The molecule has 3 aromatic carbocycles. The van der Waals surface area contributed by atoms with Gasteiger partial charge in [-0.05, 0) is 61.0 Å². The molecule has 3 aromatic rings. The molecule has 0 aliphatic rings. The number of rotatable bonds is 7. The second kappa shape index (κ2) is 8.98. The molecule has 0 aliphatic heterocycles. The number of amides is 1. The van der Waals surface area contributed by atoms with Gasteiger partial charge >= 0.3 is 0 Å². The third-order valence-electron chi connectivity index (χ3n) is 3.99. The Morgan fingerprint density at radius 3 is 2.31 bits per heavy atom. The lowest BCUT2D eigenvalue weighted by atomic mass is 10.2. The van der Waals surface area contributed by atoms with E-state index >= 15 is 0 Å². The molecule has 2 N–H and O–H groups in total. The smallest absolute Gasteiger partial charge is 0.262 e. The SMILES string of the molecule is Cc1ccc(NC(=O)COc2ccc(S(=O)(=O)Nc3ccccc3)cc2)cc1Cl. The van der Waals surface area contributed by atoms with E-state index < -0.39 is 10.0 Å². The van der Waals surface area contributed by atoms with Crippen molar-refractivity contribution in [2.75, 3.05) is 16.6 Å². The summed E-state index contributed by atoms with van der Waals surface area (Å²) >= 11 is 6.04. The molecule has 0 heterocycles. The molecule has 8 heteroatoms. The molecule has 0 saturated heterocycles. The van der Waals surface area contributed by atoms with Crippen LogP contribution < -0.4 is 14.8 Å². The van der Waals surface area contributed by atoms with Gasteiger partial charge < -0.3 is 10.1 Å². The molecule has 29 heavy (non-hydrogen) atoms. The first-order chi connectivity index (χ1) is 13.8. The first-order valence-corrected chi connectivity index (χ1v) is 10.6. The van der Waals surface area contributed by atoms with E-state index in [4.69, 9.17) is 16.3 Å². The van der Waals surface area contributed by atoms with E-state index in [2.05, 4.69) is 10.0 Å². The number of sulfonamides is 1. The van der Waals surface area contributed by atoms with Crippen LogP contribution in [-0.2, 0) is 14.8 Å². The minimum Gasteiger partial charge on any atom is -0.484 e. The zero-order valence-electron chi connectivity index (χ0n) is 15.6. The predicted molar refractivity (Wildman–Crippen MR) is 114 cm³/mol. The van der Waals surface area contributed by atoms with Crippen LogP contribution in [0.3, 0.4) is 0 Å². The molecule has 0 aromatic heterocycles. The third kappa shape index (κ3) is 5.73. The quantitative estimate of drug-likeness (QED) is 0.579. The van der Waals surface area contributed by atoms with E-state index in [0.717, 1.165) is 5.56 Å². The maximum atomic E-state index is 12.4. The Hall–Kier alpha value is -3.03. The molecule has 0 fully saturated rings. The van der Waals surface area contributed by atoms with Crippen LogP contribution in [0, 0.1) is 6.92 Å². The fraction of sp³-hybridized carbons (Fsp3) is 0.0952. The third-order valence-corrected chi connectivity index (χ3v) is 5.79. The van der Waals surface area contributed by atoms with Gasteiger partial charge in [0.05, 0.1) is 4.90 Å².